The zero-order chi connectivity index (χ0) is 13.8. The second kappa shape index (κ2) is 6.24. The number of nitrogens with zero attached hydrogens (tertiary/aromatic N) is 2. The summed E-state index contributed by atoms with van der Waals surface area (Å²) in [7, 11) is 0. The Morgan fingerprint density at radius 1 is 1.47 bits per heavy atom. The van der Waals surface area contributed by atoms with Crippen LogP contribution in [0.3, 0.4) is 0 Å². The minimum atomic E-state index is -0.966. The van der Waals surface area contributed by atoms with Crippen LogP contribution in [0.25, 0.3) is 0 Å². The molecular weight excluding hydrogens is 264 g/mol. The largest absolute Gasteiger partial charge is 0.478 e. The molecule has 0 unspecified atom stereocenters. The molecule has 1 fully saturated rings. The maximum atomic E-state index is 11.0. The van der Waals surface area contributed by atoms with E-state index in [-0.39, 0.29) is 10.7 Å². The molecule has 1 aliphatic rings. The quantitative estimate of drug-likeness (QED) is 0.860. The summed E-state index contributed by atoms with van der Waals surface area (Å²) in [6.07, 6.45) is 4.79. The highest BCUT2D eigenvalue weighted by Gasteiger charge is 2.20. The number of carbonyl (C=O) groups is 1. The predicted molar refractivity (Wildman–Crippen MR) is 76.1 cm³/mol. The molecule has 0 atom stereocenters. The van der Waals surface area contributed by atoms with E-state index in [1.807, 2.05) is 0 Å². The number of carboxylic acids is 1. The van der Waals surface area contributed by atoms with Gasteiger partial charge >= 0.3 is 5.97 Å². The number of aromatic nitrogens is 1. The first-order chi connectivity index (χ1) is 9.10. The predicted octanol–water partition coefficient (Wildman–Crippen LogP) is 3.45. The van der Waals surface area contributed by atoms with Crippen LogP contribution in [0.2, 0.25) is 5.15 Å². The second-order valence-electron chi connectivity index (χ2n) is 5.06. The summed E-state index contributed by atoms with van der Waals surface area (Å²) < 4.78 is 0. The fourth-order valence-corrected chi connectivity index (χ4v) is 2.83. The lowest BCUT2D eigenvalue weighted by Crippen LogP contribution is -2.34. The number of rotatable bonds is 4. The standard InChI is InChI=1S/C14H19ClN2O2/c1-2-3-10-4-6-17(7-5-10)13-9-11(14(18)19)8-12(15)16-13/h8-10H,2-7H2,1H3,(H,18,19). The van der Waals surface area contributed by atoms with Crippen LogP contribution in [0.15, 0.2) is 12.1 Å². The Balaban J connectivity index is 2.09. The molecule has 0 radical (unpaired) electrons. The second-order valence-corrected chi connectivity index (χ2v) is 5.45. The molecule has 5 heteroatoms. The normalized spacial score (nSPS) is 16.6. The fourth-order valence-electron chi connectivity index (χ4n) is 2.63. The van der Waals surface area contributed by atoms with Crippen molar-refractivity contribution in [2.24, 2.45) is 5.92 Å². The lowest BCUT2D eigenvalue weighted by Gasteiger charge is -2.32. The highest BCUT2D eigenvalue weighted by Crippen LogP contribution is 2.26. The first-order valence-electron chi connectivity index (χ1n) is 6.76. The molecule has 0 bridgehead atoms. The van der Waals surface area contributed by atoms with Crippen molar-refractivity contribution in [1.82, 2.24) is 4.98 Å². The lowest BCUT2D eigenvalue weighted by molar-refractivity contribution is 0.0696. The van der Waals surface area contributed by atoms with Crippen molar-refractivity contribution >= 4 is 23.4 Å². The van der Waals surface area contributed by atoms with Crippen LogP contribution in [0.1, 0.15) is 43.0 Å². The van der Waals surface area contributed by atoms with Crippen LogP contribution in [0.4, 0.5) is 5.82 Å². The zero-order valence-corrected chi connectivity index (χ0v) is 11.9. The van der Waals surface area contributed by atoms with Gasteiger partial charge in [0.15, 0.2) is 0 Å². The van der Waals surface area contributed by atoms with Crippen LogP contribution >= 0.6 is 11.6 Å². The van der Waals surface area contributed by atoms with E-state index in [2.05, 4.69) is 16.8 Å². The van der Waals surface area contributed by atoms with Gasteiger partial charge in [-0.1, -0.05) is 31.4 Å². The van der Waals surface area contributed by atoms with E-state index >= 15 is 0 Å². The lowest BCUT2D eigenvalue weighted by atomic mass is 9.92. The van der Waals surface area contributed by atoms with E-state index in [1.165, 1.54) is 18.9 Å². The number of hydrogen-bond acceptors (Lipinski definition) is 3. The zero-order valence-electron chi connectivity index (χ0n) is 11.1. The smallest absolute Gasteiger partial charge is 0.335 e. The van der Waals surface area contributed by atoms with E-state index in [0.29, 0.717) is 5.82 Å². The van der Waals surface area contributed by atoms with Gasteiger partial charge in [-0.25, -0.2) is 9.78 Å². The molecule has 1 saturated heterocycles. The Hall–Kier alpha value is -1.29. The summed E-state index contributed by atoms with van der Waals surface area (Å²) in [5, 5.41) is 9.28. The number of halogens is 1. The molecule has 104 valence electrons. The number of piperidine rings is 1. The highest BCUT2D eigenvalue weighted by atomic mass is 35.5. The third kappa shape index (κ3) is 3.60. The molecule has 1 N–H and O–H groups in total. The van der Waals surface area contributed by atoms with Gasteiger partial charge in [0, 0.05) is 13.1 Å². The first-order valence-corrected chi connectivity index (χ1v) is 7.13. The maximum absolute atomic E-state index is 11.0. The summed E-state index contributed by atoms with van der Waals surface area (Å²) in [5.41, 5.74) is 0.200. The summed E-state index contributed by atoms with van der Waals surface area (Å²) in [4.78, 5) is 17.4. The Morgan fingerprint density at radius 3 is 2.74 bits per heavy atom. The Labute approximate surface area is 118 Å². The van der Waals surface area contributed by atoms with Crippen molar-refractivity contribution in [3.8, 4) is 0 Å². The molecule has 1 aromatic heterocycles. The minimum absolute atomic E-state index is 0.200. The maximum Gasteiger partial charge on any atom is 0.335 e. The van der Waals surface area contributed by atoms with E-state index in [9.17, 15) is 4.79 Å². The molecule has 0 amide bonds. The third-order valence-electron chi connectivity index (χ3n) is 3.66. The van der Waals surface area contributed by atoms with Gasteiger partial charge in [0.1, 0.15) is 11.0 Å². The molecule has 0 aliphatic carbocycles. The van der Waals surface area contributed by atoms with E-state index < -0.39 is 5.97 Å². The molecular formula is C14H19ClN2O2. The molecule has 2 rings (SSSR count). The van der Waals surface area contributed by atoms with Gasteiger partial charge in [0.2, 0.25) is 0 Å². The summed E-state index contributed by atoms with van der Waals surface area (Å²) >= 11 is 5.89. The van der Waals surface area contributed by atoms with Gasteiger partial charge < -0.3 is 10.0 Å². The highest BCUT2D eigenvalue weighted by molar-refractivity contribution is 6.29. The summed E-state index contributed by atoms with van der Waals surface area (Å²) in [6, 6.07) is 2.99. The average Bonchev–Trinajstić information content (AvgIpc) is 2.39. The monoisotopic (exact) mass is 282 g/mol. The SMILES string of the molecule is CCCC1CCN(c2cc(C(=O)O)cc(Cl)n2)CC1. The number of aromatic carboxylic acids is 1. The van der Waals surface area contributed by atoms with Crippen molar-refractivity contribution in [3.05, 3.63) is 22.8 Å². The number of hydrogen-bond donors (Lipinski definition) is 1. The first kappa shape index (κ1) is 14.1. The van der Waals surface area contributed by atoms with Crippen molar-refractivity contribution in [2.75, 3.05) is 18.0 Å². The fraction of sp³-hybridized carbons (Fsp3) is 0.571. The van der Waals surface area contributed by atoms with Gasteiger partial charge in [0.05, 0.1) is 5.56 Å². The van der Waals surface area contributed by atoms with Crippen LogP contribution in [-0.4, -0.2) is 29.1 Å². The van der Waals surface area contributed by atoms with E-state index in [0.717, 1.165) is 31.8 Å². The number of anilines is 1. The van der Waals surface area contributed by atoms with E-state index in [1.54, 1.807) is 6.07 Å². The Bertz CT molecular complexity index is 457. The van der Waals surface area contributed by atoms with Gasteiger partial charge in [-0.2, -0.15) is 0 Å². The van der Waals surface area contributed by atoms with Crippen LogP contribution < -0.4 is 4.90 Å². The van der Waals surface area contributed by atoms with Crippen molar-refractivity contribution in [1.29, 1.82) is 0 Å². The van der Waals surface area contributed by atoms with Crippen LogP contribution in [-0.2, 0) is 0 Å². The molecule has 0 aromatic carbocycles. The van der Waals surface area contributed by atoms with Crippen molar-refractivity contribution in [3.63, 3.8) is 0 Å². The molecule has 2 heterocycles. The van der Waals surface area contributed by atoms with Crippen LogP contribution in [0, 0.1) is 5.92 Å². The molecule has 0 saturated carbocycles. The molecule has 4 nitrogen and oxygen atoms in total. The third-order valence-corrected chi connectivity index (χ3v) is 3.86. The average molecular weight is 283 g/mol. The Morgan fingerprint density at radius 2 is 2.16 bits per heavy atom. The summed E-state index contributed by atoms with van der Waals surface area (Å²) in [6.45, 7) is 4.07. The number of pyridine rings is 1. The van der Waals surface area contributed by atoms with Gasteiger partial charge in [-0.15, -0.1) is 0 Å². The van der Waals surface area contributed by atoms with Crippen molar-refractivity contribution < 1.29 is 9.90 Å². The molecule has 1 aliphatic heterocycles. The van der Waals surface area contributed by atoms with Gasteiger partial charge in [-0.3, -0.25) is 0 Å². The molecule has 1 aromatic rings. The van der Waals surface area contributed by atoms with Crippen LogP contribution in [0.5, 0.6) is 0 Å². The van der Waals surface area contributed by atoms with Gasteiger partial charge in [0.25, 0.3) is 0 Å². The molecule has 0 spiro atoms. The molecule has 19 heavy (non-hydrogen) atoms. The summed E-state index contributed by atoms with van der Waals surface area (Å²) in [5.74, 6) is 0.505. The number of carboxylic acid groups (broad SMARTS) is 1. The topological polar surface area (TPSA) is 53.4 Å². The van der Waals surface area contributed by atoms with Gasteiger partial charge in [-0.05, 0) is 30.9 Å². The van der Waals surface area contributed by atoms with Crippen molar-refractivity contribution in [2.45, 2.75) is 32.6 Å². The Kier molecular flexibility index (Phi) is 4.64. The van der Waals surface area contributed by atoms with E-state index in [4.69, 9.17) is 16.7 Å². The minimum Gasteiger partial charge on any atom is -0.478 e.